The lowest BCUT2D eigenvalue weighted by Gasteiger charge is -2.43. The van der Waals surface area contributed by atoms with Crippen molar-refractivity contribution in [2.45, 2.75) is 82.5 Å². The molecule has 2 aliphatic rings. The summed E-state index contributed by atoms with van der Waals surface area (Å²) >= 11 is 0. The normalized spacial score (nSPS) is 41.8. The third-order valence-electron chi connectivity index (χ3n) is 5.16. The Kier molecular flexibility index (Phi) is 4.29. The summed E-state index contributed by atoms with van der Waals surface area (Å²) in [4.78, 5) is 2.72. The fourth-order valence-corrected chi connectivity index (χ4v) is 4.05. The zero-order valence-electron chi connectivity index (χ0n) is 12.1. The molecule has 1 aliphatic carbocycles. The van der Waals surface area contributed by atoms with E-state index in [0.29, 0.717) is 12.1 Å². The van der Waals surface area contributed by atoms with Crippen LogP contribution in [0.25, 0.3) is 0 Å². The molecule has 1 aliphatic heterocycles. The number of hydrogen-bond acceptors (Lipinski definition) is 3. The topological polar surface area (TPSA) is 39.1 Å². The molecule has 0 bridgehead atoms. The first-order valence-electron chi connectivity index (χ1n) is 7.53. The van der Waals surface area contributed by atoms with Gasteiger partial charge >= 0.3 is 0 Å². The SMILES string of the molecule is CCC1CCC(C)N1C1CCCC(C#N)(NC)C1. The molecule has 2 fully saturated rings. The van der Waals surface area contributed by atoms with E-state index in [9.17, 15) is 5.26 Å². The average Bonchev–Trinajstić information content (AvgIpc) is 2.79. The highest BCUT2D eigenvalue weighted by molar-refractivity contribution is 5.11. The van der Waals surface area contributed by atoms with Crippen LogP contribution in [-0.2, 0) is 0 Å². The largest absolute Gasteiger partial charge is 0.302 e. The Morgan fingerprint density at radius 2 is 2.17 bits per heavy atom. The molecule has 0 amide bonds. The maximum Gasteiger partial charge on any atom is 0.108 e. The Labute approximate surface area is 112 Å². The van der Waals surface area contributed by atoms with Gasteiger partial charge in [-0.3, -0.25) is 4.90 Å². The van der Waals surface area contributed by atoms with Crippen LogP contribution in [0.2, 0.25) is 0 Å². The molecule has 102 valence electrons. The molecule has 3 nitrogen and oxygen atoms in total. The summed E-state index contributed by atoms with van der Waals surface area (Å²) in [5.41, 5.74) is -0.274. The Hall–Kier alpha value is -0.590. The average molecular weight is 249 g/mol. The number of nitriles is 1. The summed E-state index contributed by atoms with van der Waals surface area (Å²) in [6.45, 7) is 4.66. The molecule has 18 heavy (non-hydrogen) atoms. The molecule has 0 aromatic carbocycles. The van der Waals surface area contributed by atoms with Crippen LogP contribution >= 0.6 is 0 Å². The lowest BCUT2D eigenvalue weighted by atomic mass is 9.79. The Bertz CT molecular complexity index is 322. The van der Waals surface area contributed by atoms with E-state index in [-0.39, 0.29) is 5.54 Å². The molecule has 1 heterocycles. The second-order valence-electron chi connectivity index (χ2n) is 6.13. The second kappa shape index (κ2) is 5.59. The highest BCUT2D eigenvalue weighted by Crippen LogP contribution is 2.37. The summed E-state index contributed by atoms with van der Waals surface area (Å²) in [5, 5.41) is 12.7. The summed E-state index contributed by atoms with van der Waals surface area (Å²) < 4.78 is 0. The summed E-state index contributed by atoms with van der Waals surface area (Å²) in [6.07, 6.45) is 8.38. The van der Waals surface area contributed by atoms with Gasteiger partial charge in [0.1, 0.15) is 5.54 Å². The van der Waals surface area contributed by atoms with Gasteiger partial charge in [-0.25, -0.2) is 0 Å². The van der Waals surface area contributed by atoms with Crippen LogP contribution in [0, 0.1) is 11.3 Å². The summed E-state index contributed by atoms with van der Waals surface area (Å²) in [7, 11) is 1.94. The van der Waals surface area contributed by atoms with Gasteiger partial charge in [-0.15, -0.1) is 0 Å². The number of rotatable bonds is 3. The van der Waals surface area contributed by atoms with Gasteiger partial charge in [-0.05, 0) is 58.9 Å². The lowest BCUT2D eigenvalue weighted by molar-refractivity contribution is 0.0802. The van der Waals surface area contributed by atoms with Gasteiger partial charge in [0.2, 0.25) is 0 Å². The smallest absolute Gasteiger partial charge is 0.108 e. The fourth-order valence-electron chi connectivity index (χ4n) is 4.05. The van der Waals surface area contributed by atoms with E-state index in [2.05, 4.69) is 30.1 Å². The van der Waals surface area contributed by atoms with Gasteiger partial charge < -0.3 is 5.32 Å². The molecule has 1 N–H and O–H groups in total. The first kappa shape index (κ1) is 13.8. The van der Waals surface area contributed by atoms with Crippen molar-refractivity contribution in [1.82, 2.24) is 10.2 Å². The standard InChI is InChI=1S/C15H27N3/c1-4-13-8-7-12(2)18(13)14-6-5-9-15(10-14,11-16)17-3/h12-14,17H,4-10H2,1-3H3. The van der Waals surface area contributed by atoms with Crippen LogP contribution in [0.1, 0.15) is 58.8 Å². The monoisotopic (exact) mass is 249 g/mol. The predicted octanol–water partition coefficient (Wildman–Crippen LogP) is 2.67. The first-order valence-corrected chi connectivity index (χ1v) is 7.53. The predicted molar refractivity (Wildman–Crippen MR) is 74.3 cm³/mol. The maximum atomic E-state index is 9.46. The van der Waals surface area contributed by atoms with E-state index in [1.807, 2.05) is 7.05 Å². The van der Waals surface area contributed by atoms with Crippen LogP contribution in [0.4, 0.5) is 0 Å². The summed E-state index contributed by atoms with van der Waals surface area (Å²) in [5.74, 6) is 0. The third-order valence-corrected chi connectivity index (χ3v) is 5.16. The van der Waals surface area contributed by atoms with E-state index < -0.39 is 0 Å². The van der Waals surface area contributed by atoms with Crippen molar-refractivity contribution in [2.75, 3.05) is 7.05 Å². The van der Waals surface area contributed by atoms with E-state index in [1.54, 1.807) is 0 Å². The third kappa shape index (κ3) is 2.41. The lowest BCUT2D eigenvalue weighted by Crippen LogP contribution is -2.53. The van der Waals surface area contributed by atoms with Crippen LogP contribution in [0.3, 0.4) is 0 Å². The van der Waals surface area contributed by atoms with Crippen LogP contribution in [0.15, 0.2) is 0 Å². The Morgan fingerprint density at radius 3 is 2.78 bits per heavy atom. The minimum atomic E-state index is -0.274. The Morgan fingerprint density at radius 1 is 1.39 bits per heavy atom. The van der Waals surface area contributed by atoms with Crippen LogP contribution in [0.5, 0.6) is 0 Å². The quantitative estimate of drug-likeness (QED) is 0.836. The highest BCUT2D eigenvalue weighted by Gasteiger charge is 2.42. The van der Waals surface area contributed by atoms with Gasteiger partial charge in [-0.1, -0.05) is 6.92 Å². The van der Waals surface area contributed by atoms with Gasteiger partial charge in [0.15, 0.2) is 0 Å². The van der Waals surface area contributed by atoms with Crippen molar-refractivity contribution >= 4 is 0 Å². The summed E-state index contributed by atoms with van der Waals surface area (Å²) in [6, 6.07) is 4.58. The van der Waals surface area contributed by atoms with E-state index in [0.717, 1.165) is 18.9 Å². The zero-order chi connectivity index (χ0) is 13.2. The molecule has 0 aromatic heterocycles. The highest BCUT2D eigenvalue weighted by atomic mass is 15.2. The Balaban J connectivity index is 2.11. The van der Waals surface area contributed by atoms with Gasteiger partial charge in [0, 0.05) is 18.1 Å². The minimum Gasteiger partial charge on any atom is -0.302 e. The fraction of sp³-hybridized carbons (Fsp3) is 0.933. The van der Waals surface area contributed by atoms with Crippen molar-refractivity contribution in [2.24, 2.45) is 0 Å². The first-order chi connectivity index (χ1) is 8.65. The molecule has 4 unspecified atom stereocenters. The van der Waals surface area contributed by atoms with Crippen molar-refractivity contribution in [3.05, 3.63) is 0 Å². The van der Waals surface area contributed by atoms with E-state index in [1.165, 1.54) is 32.1 Å². The van der Waals surface area contributed by atoms with E-state index >= 15 is 0 Å². The van der Waals surface area contributed by atoms with Crippen LogP contribution in [-0.4, -0.2) is 35.6 Å². The van der Waals surface area contributed by atoms with Crippen LogP contribution < -0.4 is 5.32 Å². The van der Waals surface area contributed by atoms with Crippen molar-refractivity contribution in [3.8, 4) is 6.07 Å². The molecule has 0 spiro atoms. The molecule has 0 radical (unpaired) electrons. The van der Waals surface area contributed by atoms with Crippen molar-refractivity contribution in [3.63, 3.8) is 0 Å². The maximum absolute atomic E-state index is 9.46. The zero-order valence-corrected chi connectivity index (χ0v) is 12.1. The van der Waals surface area contributed by atoms with E-state index in [4.69, 9.17) is 0 Å². The number of nitrogens with one attached hydrogen (secondary N) is 1. The minimum absolute atomic E-state index is 0.274. The molecule has 1 saturated carbocycles. The molecule has 0 aromatic rings. The molecule has 2 rings (SSSR count). The molecular formula is C15H27N3. The van der Waals surface area contributed by atoms with Gasteiger partial charge in [0.25, 0.3) is 0 Å². The van der Waals surface area contributed by atoms with Gasteiger partial charge in [0.05, 0.1) is 6.07 Å². The molecule has 4 atom stereocenters. The molecular weight excluding hydrogens is 222 g/mol. The number of likely N-dealkylation sites (tertiary alicyclic amines) is 1. The van der Waals surface area contributed by atoms with Crippen molar-refractivity contribution in [1.29, 1.82) is 5.26 Å². The molecule has 1 saturated heterocycles. The number of hydrogen-bond donors (Lipinski definition) is 1. The molecule has 3 heteroatoms. The number of nitrogens with zero attached hydrogens (tertiary/aromatic N) is 2. The second-order valence-corrected chi connectivity index (χ2v) is 6.13. The van der Waals surface area contributed by atoms with Crippen molar-refractivity contribution < 1.29 is 0 Å². The van der Waals surface area contributed by atoms with Gasteiger partial charge in [-0.2, -0.15) is 5.26 Å².